The molecule has 0 bridgehead atoms. The third kappa shape index (κ3) is 3.75. The lowest BCUT2D eigenvalue weighted by molar-refractivity contribution is 0.100. The second-order valence-corrected chi connectivity index (χ2v) is 7.26. The van der Waals surface area contributed by atoms with Gasteiger partial charge in [-0.05, 0) is 42.5 Å². The number of nitrogens with one attached hydrogen (secondary N) is 1. The van der Waals surface area contributed by atoms with E-state index in [1.54, 1.807) is 60.7 Å². The second-order valence-electron chi connectivity index (χ2n) is 6.39. The van der Waals surface area contributed by atoms with Crippen LogP contribution < -0.4 is 15.7 Å². The summed E-state index contributed by atoms with van der Waals surface area (Å²) in [5, 5.41) is 1.20. The first kappa shape index (κ1) is 19.9. The standard InChI is InChI=1S/C22H15Cl2N3O3/c1-30-19-10-9-15(24)12-17(19)21(28)26-27-20(13-5-4-6-14(23)11-13)25-18-8-3-2-7-16(18)22(27)29/h2-12H,1H3,(H,26,28). The van der Waals surface area contributed by atoms with Gasteiger partial charge >= 0.3 is 0 Å². The Labute approximate surface area is 181 Å². The maximum Gasteiger partial charge on any atom is 0.280 e. The Morgan fingerprint density at radius 3 is 2.53 bits per heavy atom. The van der Waals surface area contributed by atoms with Crippen LogP contribution in [0.5, 0.6) is 5.75 Å². The molecule has 0 radical (unpaired) electrons. The van der Waals surface area contributed by atoms with E-state index in [1.165, 1.54) is 13.2 Å². The number of amides is 1. The number of methoxy groups -OCH3 is 1. The molecule has 4 rings (SSSR count). The van der Waals surface area contributed by atoms with Gasteiger partial charge in [0.2, 0.25) is 0 Å². The van der Waals surface area contributed by atoms with Gasteiger partial charge < -0.3 is 4.74 Å². The van der Waals surface area contributed by atoms with Gasteiger partial charge in [0.15, 0.2) is 5.82 Å². The van der Waals surface area contributed by atoms with Gasteiger partial charge in [-0.1, -0.05) is 47.5 Å². The number of carbonyl (C=O) groups excluding carboxylic acids is 1. The van der Waals surface area contributed by atoms with Crippen molar-refractivity contribution in [3.8, 4) is 17.1 Å². The van der Waals surface area contributed by atoms with Gasteiger partial charge in [-0.25, -0.2) is 4.98 Å². The first-order chi connectivity index (χ1) is 14.5. The molecule has 0 aliphatic carbocycles. The molecule has 1 N–H and O–H groups in total. The van der Waals surface area contributed by atoms with Crippen molar-refractivity contribution in [1.29, 1.82) is 0 Å². The zero-order chi connectivity index (χ0) is 21.3. The fourth-order valence-corrected chi connectivity index (χ4v) is 3.44. The number of hydrogen-bond donors (Lipinski definition) is 1. The summed E-state index contributed by atoms with van der Waals surface area (Å²) in [6.07, 6.45) is 0. The lowest BCUT2D eigenvalue weighted by atomic mass is 10.2. The van der Waals surface area contributed by atoms with Crippen LogP contribution in [0.2, 0.25) is 10.0 Å². The van der Waals surface area contributed by atoms with Crippen LogP contribution in [0, 0.1) is 0 Å². The van der Waals surface area contributed by atoms with Crippen LogP contribution >= 0.6 is 23.2 Å². The number of hydrogen-bond acceptors (Lipinski definition) is 4. The topological polar surface area (TPSA) is 73.2 Å². The summed E-state index contributed by atoms with van der Waals surface area (Å²) in [5.41, 5.74) is 3.46. The van der Waals surface area contributed by atoms with E-state index in [-0.39, 0.29) is 11.4 Å². The number of nitrogens with zero attached hydrogens (tertiary/aromatic N) is 2. The molecule has 150 valence electrons. The fourth-order valence-electron chi connectivity index (χ4n) is 3.08. The van der Waals surface area contributed by atoms with Crippen molar-refractivity contribution in [2.75, 3.05) is 12.5 Å². The lowest BCUT2D eigenvalue weighted by Gasteiger charge is -2.16. The van der Waals surface area contributed by atoms with Crippen molar-refractivity contribution in [2.45, 2.75) is 0 Å². The Morgan fingerprint density at radius 2 is 1.77 bits per heavy atom. The molecule has 0 aliphatic heterocycles. The molecule has 0 aliphatic rings. The van der Waals surface area contributed by atoms with E-state index in [4.69, 9.17) is 27.9 Å². The first-order valence-corrected chi connectivity index (χ1v) is 9.66. The van der Waals surface area contributed by atoms with E-state index in [0.717, 1.165) is 4.68 Å². The highest BCUT2D eigenvalue weighted by molar-refractivity contribution is 6.31. The minimum Gasteiger partial charge on any atom is -0.496 e. The quantitative estimate of drug-likeness (QED) is 0.497. The highest BCUT2D eigenvalue weighted by Gasteiger charge is 2.18. The molecule has 8 heteroatoms. The van der Waals surface area contributed by atoms with Crippen LogP contribution in [0.4, 0.5) is 0 Å². The molecule has 1 amide bonds. The van der Waals surface area contributed by atoms with Crippen molar-refractivity contribution < 1.29 is 9.53 Å². The van der Waals surface area contributed by atoms with Crippen molar-refractivity contribution in [1.82, 2.24) is 9.66 Å². The highest BCUT2D eigenvalue weighted by atomic mass is 35.5. The molecular weight excluding hydrogens is 425 g/mol. The Hall–Kier alpha value is -3.35. The number of benzene rings is 3. The first-order valence-electron chi connectivity index (χ1n) is 8.90. The Morgan fingerprint density at radius 1 is 1.00 bits per heavy atom. The molecule has 1 heterocycles. The molecule has 3 aromatic carbocycles. The van der Waals surface area contributed by atoms with Gasteiger partial charge in [0, 0.05) is 15.6 Å². The van der Waals surface area contributed by atoms with Gasteiger partial charge in [-0.15, -0.1) is 0 Å². The summed E-state index contributed by atoms with van der Waals surface area (Å²) in [5.74, 6) is -0.00430. The smallest absolute Gasteiger partial charge is 0.280 e. The molecule has 0 saturated heterocycles. The lowest BCUT2D eigenvalue weighted by Crippen LogP contribution is -2.35. The van der Waals surface area contributed by atoms with Crippen molar-refractivity contribution in [2.24, 2.45) is 0 Å². The maximum absolute atomic E-state index is 13.2. The predicted molar refractivity (Wildman–Crippen MR) is 118 cm³/mol. The molecule has 0 atom stereocenters. The minimum absolute atomic E-state index is 0.183. The number of rotatable bonds is 4. The summed E-state index contributed by atoms with van der Waals surface area (Å²) in [6.45, 7) is 0. The highest BCUT2D eigenvalue weighted by Crippen LogP contribution is 2.24. The largest absolute Gasteiger partial charge is 0.496 e. The summed E-state index contributed by atoms with van der Waals surface area (Å²) >= 11 is 12.2. The third-order valence-electron chi connectivity index (χ3n) is 4.48. The van der Waals surface area contributed by atoms with Crippen LogP contribution in [0.1, 0.15) is 10.4 Å². The summed E-state index contributed by atoms with van der Waals surface area (Å²) in [4.78, 5) is 30.8. The van der Waals surface area contributed by atoms with Crippen LogP contribution in [-0.4, -0.2) is 22.7 Å². The SMILES string of the molecule is COc1ccc(Cl)cc1C(=O)Nn1c(-c2cccc(Cl)c2)nc2ccccc2c1=O. The molecule has 30 heavy (non-hydrogen) atoms. The van der Waals surface area contributed by atoms with Gasteiger partial charge in [0.25, 0.3) is 11.5 Å². The van der Waals surface area contributed by atoms with Gasteiger partial charge in [0.1, 0.15) is 5.75 Å². The van der Waals surface area contributed by atoms with Crippen LogP contribution in [0.25, 0.3) is 22.3 Å². The monoisotopic (exact) mass is 439 g/mol. The predicted octanol–water partition coefficient (Wildman–Crippen LogP) is 4.76. The Kier molecular flexibility index (Phi) is 5.44. The molecule has 0 fully saturated rings. The number of aromatic nitrogens is 2. The van der Waals surface area contributed by atoms with Gasteiger partial charge in [-0.3, -0.25) is 15.0 Å². The molecule has 4 aromatic rings. The maximum atomic E-state index is 13.2. The van der Waals surface area contributed by atoms with E-state index in [2.05, 4.69) is 10.4 Å². The Bertz CT molecular complexity index is 1340. The van der Waals surface area contributed by atoms with E-state index < -0.39 is 11.5 Å². The number of carbonyl (C=O) groups is 1. The molecule has 1 aromatic heterocycles. The summed E-state index contributed by atoms with van der Waals surface area (Å²) in [7, 11) is 1.45. The average Bonchev–Trinajstić information content (AvgIpc) is 2.75. The zero-order valence-electron chi connectivity index (χ0n) is 15.7. The number of ether oxygens (including phenoxy) is 1. The number of para-hydroxylation sites is 1. The van der Waals surface area contributed by atoms with Crippen molar-refractivity contribution >= 4 is 40.0 Å². The minimum atomic E-state index is -0.572. The normalized spacial score (nSPS) is 10.8. The zero-order valence-corrected chi connectivity index (χ0v) is 17.2. The van der Waals surface area contributed by atoms with E-state index in [0.29, 0.717) is 32.3 Å². The van der Waals surface area contributed by atoms with Crippen molar-refractivity contribution in [3.63, 3.8) is 0 Å². The molecule has 0 unspecified atom stereocenters. The Balaban J connectivity index is 1.90. The van der Waals surface area contributed by atoms with E-state index >= 15 is 0 Å². The summed E-state index contributed by atoms with van der Waals surface area (Å²) in [6, 6.07) is 18.4. The van der Waals surface area contributed by atoms with E-state index in [1.807, 2.05) is 0 Å². The molecular formula is C22H15Cl2N3O3. The van der Waals surface area contributed by atoms with Crippen LogP contribution in [-0.2, 0) is 0 Å². The van der Waals surface area contributed by atoms with Crippen molar-refractivity contribution in [3.05, 3.63) is 92.7 Å². The van der Waals surface area contributed by atoms with Gasteiger partial charge in [0.05, 0.1) is 23.6 Å². The molecule has 0 saturated carbocycles. The van der Waals surface area contributed by atoms with Crippen LogP contribution in [0.3, 0.4) is 0 Å². The number of halogens is 2. The molecule has 0 spiro atoms. The third-order valence-corrected chi connectivity index (χ3v) is 4.95. The van der Waals surface area contributed by atoms with Crippen LogP contribution in [0.15, 0.2) is 71.5 Å². The van der Waals surface area contributed by atoms with E-state index in [9.17, 15) is 9.59 Å². The average molecular weight is 440 g/mol. The number of fused-ring (bicyclic) bond motifs is 1. The fraction of sp³-hybridized carbons (Fsp3) is 0.0455. The second kappa shape index (κ2) is 8.18. The molecule has 6 nitrogen and oxygen atoms in total. The summed E-state index contributed by atoms with van der Waals surface area (Å²) < 4.78 is 6.36. The van der Waals surface area contributed by atoms with Gasteiger partial charge in [-0.2, -0.15) is 4.68 Å².